The van der Waals surface area contributed by atoms with Crippen LogP contribution < -0.4 is 31.1 Å². The first-order valence-corrected chi connectivity index (χ1v) is 19.8. The molecule has 0 N–H and O–H groups in total. The largest absolute Gasteiger partial charge is 0.311 e. The summed E-state index contributed by atoms with van der Waals surface area (Å²) in [6.07, 6.45) is 0. The van der Waals surface area contributed by atoms with E-state index in [0.29, 0.717) is 0 Å². The minimum atomic E-state index is -0.233. The molecule has 4 heteroatoms. The molecule has 3 nitrogen and oxygen atoms in total. The van der Waals surface area contributed by atoms with E-state index in [-0.39, 0.29) is 6.71 Å². The molecule has 0 aromatic heterocycles. The SMILES string of the molecule is c1ccc(N(c2ccccc2)c2ccccc2B(c2ccccc2N(c2ccccc2)c2ccccc2)c2ccccc2N(c2ccccc2)c2ccccc2)cc1. The highest BCUT2D eigenvalue weighted by Crippen LogP contribution is 2.38. The van der Waals surface area contributed by atoms with Crippen molar-refractivity contribution in [3.63, 3.8) is 0 Å². The van der Waals surface area contributed by atoms with Crippen molar-refractivity contribution in [1.29, 1.82) is 0 Å². The van der Waals surface area contributed by atoms with Crippen LogP contribution in [0.3, 0.4) is 0 Å². The lowest BCUT2D eigenvalue weighted by molar-refractivity contribution is 1.28. The van der Waals surface area contributed by atoms with Crippen molar-refractivity contribution in [2.75, 3.05) is 14.7 Å². The van der Waals surface area contributed by atoms with Gasteiger partial charge in [0.05, 0.1) is 0 Å². The zero-order valence-corrected chi connectivity index (χ0v) is 32.2. The number of benzene rings is 9. The van der Waals surface area contributed by atoms with Gasteiger partial charge in [0, 0.05) is 51.2 Å². The monoisotopic (exact) mass is 743 g/mol. The molecular formula is C54H42BN3. The number of hydrogen-bond acceptors (Lipinski definition) is 3. The molecule has 9 aromatic rings. The molecule has 0 atom stereocenters. The van der Waals surface area contributed by atoms with Crippen LogP contribution in [0.5, 0.6) is 0 Å². The van der Waals surface area contributed by atoms with Gasteiger partial charge in [0.2, 0.25) is 6.71 Å². The molecule has 0 bridgehead atoms. The summed E-state index contributed by atoms with van der Waals surface area (Å²) >= 11 is 0. The summed E-state index contributed by atoms with van der Waals surface area (Å²) in [7, 11) is 0. The van der Waals surface area contributed by atoms with E-state index in [4.69, 9.17) is 0 Å². The summed E-state index contributed by atoms with van der Waals surface area (Å²) in [6, 6.07) is 91.0. The van der Waals surface area contributed by atoms with Gasteiger partial charge in [-0.25, -0.2) is 0 Å². The molecule has 0 unspecified atom stereocenters. The van der Waals surface area contributed by atoms with E-state index in [1.807, 2.05) is 0 Å². The van der Waals surface area contributed by atoms with Crippen LogP contribution in [0.4, 0.5) is 51.2 Å². The fourth-order valence-electron chi connectivity index (χ4n) is 8.05. The number of hydrogen-bond donors (Lipinski definition) is 0. The Bertz CT molecular complexity index is 2260. The predicted molar refractivity (Wildman–Crippen MR) is 248 cm³/mol. The molecule has 9 rings (SSSR count). The van der Waals surface area contributed by atoms with Crippen molar-refractivity contribution in [1.82, 2.24) is 0 Å². The van der Waals surface area contributed by atoms with E-state index >= 15 is 0 Å². The van der Waals surface area contributed by atoms with E-state index < -0.39 is 0 Å². The van der Waals surface area contributed by atoms with Gasteiger partial charge in [-0.3, -0.25) is 0 Å². The molecule has 0 fully saturated rings. The van der Waals surface area contributed by atoms with E-state index in [2.05, 4.69) is 269 Å². The van der Waals surface area contributed by atoms with Crippen LogP contribution in [0.15, 0.2) is 255 Å². The standard InChI is InChI=1S/C54H42BN3/c1-7-25-43(26-8-1)56(44-27-9-2-10-28-44)52-40-22-19-37-49(52)55(50-38-20-23-41-53(50)57(45-29-11-3-12-30-45)46-31-13-4-14-32-46)51-39-21-24-42-54(51)58(47-33-15-5-16-34-47)48-35-17-6-18-36-48/h1-42H. The van der Waals surface area contributed by atoms with Gasteiger partial charge in [0.1, 0.15) is 0 Å². The molecule has 9 aromatic carbocycles. The lowest BCUT2D eigenvalue weighted by atomic mass is 9.35. The first-order valence-electron chi connectivity index (χ1n) is 19.8. The van der Waals surface area contributed by atoms with Gasteiger partial charge < -0.3 is 14.7 Å². The molecule has 0 aliphatic rings. The Morgan fingerprint density at radius 3 is 0.569 bits per heavy atom. The van der Waals surface area contributed by atoms with Crippen LogP contribution in [0.25, 0.3) is 0 Å². The van der Waals surface area contributed by atoms with Crippen LogP contribution >= 0.6 is 0 Å². The van der Waals surface area contributed by atoms with E-state index in [0.717, 1.165) is 51.2 Å². The number of anilines is 9. The van der Waals surface area contributed by atoms with Crippen LogP contribution in [0, 0.1) is 0 Å². The van der Waals surface area contributed by atoms with E-state index in [1.165, 1.54) is 16.4 Å². The maximum absolute atomic E-state index is 2.39. The molecule has 0 aliphatic carbocycles. The molecule has 0 heterocycles. The van der Waals surface area contributed by atoms with Crippen molar-refractivity contribution in [3.8, 4) is 0 Å². The summed E-state index contributed by atoms with van der Waals surface area (Å²) in [5, 5.41) is 0. The second-order valence-electron chi connectivity index (χ2n) is 14.1. The molecule has 0 radical (unpaired) electrons. The maximum atomic E-state index is 2.39. The Balaban J connectivity index is 1.36. The third-order valence-corrected chi connectivity index (χ3v) is 10.6. The van der Waals surface area contributed by atoms with Crippen molar-refractivity contribution in [2.24, 2.45) is 0 Å². The Morgan fingerprint density at radius 2 is 0.362 bits per heavy atom. The van der Waals surface area contributed by atoms with Crippen molar-refractivity contribution >= 4 is 74.3 Å². The lowest BCUT2D eigenvalue weighted by Gasteiger charge is -2.34. The fraction of sp³-hybridized carbons (Fsp3) is 0. The molecule has 0 spiro atoms. The zero-order valence-electron chi connectivity index (χ0n) is 32.2. The third-order valence-electron chi connectivity index (χ3n) is 10.6. The Labute approximate surface area is 342 Å². The van der Waals surface area contributed by atoms with E-state index in [9.17, 15) is 0 Å². The van der Waals surface area contributed by atoms with Gasteiger partial charge in [-0.2, -0.15) is 0 Å². The smallest absolute Gasteiger partial charge is 0.249 e. The van der Waals surface area contributed by atoms with Crippen LogP contribution in [-0.2, 0) is 0 Å². The first kappa shape index (κ1) is 36.1. The summed E-state index contributed by atoms with van der Waals surface area (Å²) in [5.41, 5.74) is 13.4. The summed E-state index contributed by atoms with van der Waals surface area (Å²) < 4.78 is 0. The quantitative estimate of drug-likeness (QED) is 0.115. The second kappa shape index (κ2) is 17.1. The molecule has 0 saturated carbocycles. The Morgan fingerprint density at radius 1 is 0.190 bits per heavy atom. The minimum Gasteiger partial charge on any atom is -0.311 e. The molecule has 276 valence electrons. The highest BCUT2D eigenvalue weighted by atomic mass is 15.2. The highest BCUT2D eigenvalue weighted by molar-refractivity contribution is 6.98. The van der Waals surface area contributed by atoms with Crippen LogP contribution in [0.2, 0.25) is 0 Å². The normalized spacial score (nSPS) is 10.8. The average Bonchev–Trinajstić information content (AvgIpc) is 3.30. The maximum Gasteiger partial charge on any atom is 0.249 e. The molecule has 0 aliphatic heterocycles. The van der Waals surface area contributed by atoms with Gasteiger partial charge in [-0.05, 0) is 107 Å². The molecule has 58 heavy (non-hydrogen) atoms. The Kier molecular flexibility index (Phi) is 10.6. The number of para-hydroxylation sites is 9. The summed E-state index contributed by atoms with van der Waals surface area (Å²) in [4.78, 5) is 7.18. The zero-order chi connectivity index (χ0) is 38.9. The van der Waals surface area contributed by atoms with Gasteiger partial charge >= 0.3 is 0 Å². The van der Waals surface area contributed by atoms with Crippen LogP contribution in [-0.4, -0.2) is 6.71 Å². The van der Waals surface area contributed by atoms with E-state index in [1.54, 1.807) is 0 Å². The third kappa shape index (κ3) is 7.39. The highest BCUT2D eigenvalue weighted by Gasteiger charge is 2.34. The van der Waals surface area contributed by atoms with Crippen LogP contribution in [0.1, 0.15) is 0 Å². The lowest BCUT2D eigenvalue weighted by Crippen LogP contribution is -2.55. The average molecular weight is 744 g/mol. The summed E-state index contributed by atoms with van der Waals surface area (Å²) in [6.45, 7) is -0.233. The van der Waals surface area contributed by atoms with Crippen molar-refractivity contribution < 1.29 is 0 Å². The molecule has 0 saturated heterocycles. The van der Waals surface area contributed by atoms with Gasteiger partial charge in [-0.15, -0.1) is 0 Å². The van der Waals surface area contributed by atoms with Crippen molar-refractivity contribution in [3.05, 3.63) is 255 Å². The van der Waals surface area contributed by atoms with Gasteiger partial charge in [-0.1, -0.05) is 164 Å². The Hall–Kier alpha value is -7.56. The number of nitrogens with zero attached hydrogens (tertiary/aromatic N) is 3. The molecule has 0 amide bonds. The van der Waals surface area contributed by atoms with Gasteiger partial charge in [0.15, 0.2) is 0 Å². The fourth-order valence-corrected chi connectivity index (χ4v) is 8.05. The minimum absolute atomic E-state index is 0.233. The van der Waals surface area contributed by atoms with Crippen molar-refractivity contribution in [2.45, 2.75) is 0 Å². The second-order valence-corrected chi connectivity index (χ2v) is 14.1. The number of rotatable bonds is 12. The first-order chi connectivity index (χ1) is 28.8. The van der Waals surface area contributed by atoms with Gasteiger partial charge in [0.25, 0.3) is 0 Å². The predicted octanol–water partition coefficient (Wildman–Crippen LogP) is 12.6. The molecular weight excluding hydrogens is 701 g/mol. The topological polar surface area (TPSA) is 9.72 Å². The summed E-state index contributed by atoms with van der Waals surface area (Å²) in [5.74, 6) is 0.